The number of fused-ring (bicyclic) bond motifs is 1. The van der Waals surface area contributed by atoms with Crippen LogP contribution in [0.3, 0.4) is 0 Å². The maximum absolute atomic E-state index is 13.0. The molecule has 2 heterocycles. The summed E-state index contributed by atoms with van der Waals surface area (Å²) in [5.74, 6) is 0.122. The third-order valence-corrected chi connectivity index (χ3v) is 4.83. The van der Waals surface area contributed by atoms with Crippen molar-refractivity contribution >= 4 is 38.9 Å². The minimum absolute atomic E-state index is 0.140. The number of nitrogen functional groups attached to an aromatic ring is 1. The van der Waals surface area contributed by atoms with Gasteiger partial charge in [-0.3, -0.25) is 4.79 Å². The number of hydrogen-bond acceptors (Lipinski definition) is 5. The van der Waals surface area contributed by atoms with Crippen LogP contribution >= 0.6 is 15.9 Å². The molecule has 1 amide bonds. The maximum atomic E-state index is 13.0. The Morgan fingerprint density at radius 3 is 2.65 bits per heavy atom. The molecule has 0 saturated carbocycles. The van der Waals surface area contributed by atoms with Crippen molar-refractivity contribution in [1.29, 1.82) is 0 Å². The summed E-state index contributed by atoms with van der Waals surface area (Å²) in [4.78, 5) is 17.0. The summed E-state index contributed by atoms with van der Waals surface area (Å²) >= 11 is 3.55. The summed E-state index contributed by atoms with van der Waals surface area (Å²) in [5.41, 5.74) is 9.54. The van der Waals surface area contributed by atoms with Gasteiger partial charge in [-0.2, -0.15) is 5.10 Å². The number of nitrogens with zero attached hydrogens (tertiary/aromatic N) is 3. The van der Waals surface area contributed by atoms with E-state index in [0.29, 0.717) is 27.8 Å². The van der Waals surface area contributed by atoms with Crippen LogP contribution in [-0.4, -0.2) is 27.6 Å². The molecule has 0 spiro atoms. The molecule has 136 valence electrons. The van der Waals surface area contributed by atoms with Crippen LogP contribution in [0.15, 0.2) is 35.1 Å². The second kappa shape index (κ2) is 7.43. The van der Waals surface area contributed by atoms with E-state index in [1.165, 1.54) is 6.33 Å². The van der Waals surface area contributed by atoms with Gasteiger partial charge in [0.2, 0.25) is 0 Å². The largest absolute Gasteiger partial charge is 0.382 e. The highest BCUT2D eigenvalue weighted by atomic mass is 79.9. The Hall–Kier alpha value is -2.45. The van der Waals surface area contributed by atoms with Crippen molar-refractivity contribution in [3.8, 4) is 0 Å². The number of carbonyl (C=O) groups excluding carboxylic acids is 1. The molecule has 0 aliphatic carbocycles. The first kappa shape index (κ1) is 18.3. The highest BCUT2D eigenvalue weighted by Crippen LogP contribution is 2.35. The zero-order chi connectivity index (χ0) is 18.8. The second-order valence-corrected chi connectivity index (χ2v) is 7.01. The molecule has 2 aromatic heterocycles. The molecule has 26 heavy (non-hydrogen) atoms. The number of anilines is 2. The Morgan fingerprint density at radius 1 is 1.35 bits per heavy atom. The fourth-order valence-corrected chi connectivity index (χ4v) is 3.85. The number of methoxy groups -OCH3 is 1. The number of nitrogens with two attached hydrogens (primary N) is 1. The summed E-state index contributed by atoms with van der Waals surface area (Å²) in [7, 11) is 1.64. The van der Waals surface area contributed by atoms with E-state index in [9.17, 15) is 4.79 Å². The molecule has 0 radical (unpaired) electrons. The number of carbonyl (C=O) groups is 1. The number of rotatable bonds is 5. The lowest BCUT2D eigenvalue weighted by molar-refractivity contribution is 0.102. The molecule has 3 rings (SSSR count). The highest BCUT2D eigenvalue weighted by molar-refractivity contribution is 9.10. The van der Waals surface area contributed by atoms with Crippen molar-refractivity contribution in [3.63, 3.8) is 0 Å². The molecular formula is C18H20BrN5O2. The summed E-state index contributed by atoms with van der Waals surface area (Å²) in [5, 5.41) is 7.17. The lowest BCUT2D eigenvalue weighted by atomic mass is 10.1. The maximum Gasteiger partial charge on any atom is 0.259 e. The Morgan fingerprint density at radius 2 is 2.04 bits per heavy atom. The minimum atomic E-state index is -0.276. The molecule has 0 unspecified atom stereocenters. The topological polar surface area (TPSA) is 94.5 Å². The van der Waals surface area contributed by atoms with Crippen LogP contribution in [0.1, 0.15) is 41.4 Å². The molecule has 0 fully saturated rings. The van der Waals surface area contributed by atoms with Crippen LogP contribution < -0.4 is 11.1 Å². The van der Waals surface area contributed by atoms with Crippen LogP contribution in [0, 0.1) is 0 Å². The van der Waals surface area contributed by atoms with Crippen molar-refractivity contribution < 1.29 is 9.53 Å². The zero-order valence-corrected chi connectivity index (χ0v) is 16.4. The van der Waals surface area contributed by atoms with Gasteiger partial charge in [0.25, 0.3) is 5.91 Å². The van der Waals surface area contributed by atoms with Gasteiger partial charge in [-0.25, -0.2) is 9.50 Å². The Labute approximate surface area is 159 Å². The average molecular weight is 418 g/mol. The SMILES string of the molecule is COCc1ccc(NC(=O)c2c(Br)c(C(C)C)n3ncnc(N)c23)cc1. The summed E-state index contributed by atoms with van der Waals surface area (Å²) < 4.78 is 7.44. The van der Waals surface area contributed by atoms with E-state index < -0.39 is 0 Å². The van der Waals surface area contributed by atoms with Crippen molar-refractivity contribution in [1.82, 2.24) is 14.6 Å². The fraction of sp³-hybridized carbons (Fsp3) is 0.278. The van der Waals surface area contributed by atoms with Gasteiger partial charge in [0, 0.05) is 12.8 Å². The highest BCUT2D eigenvalue weighted by Gasteiger charge is 2.26. The Kier molecular flexibility index (Phi) is 5.24. The molecule has 3 aromatic rings. The Balaban J connectivity index is 2.01. The van der Waals surface area contributed by atoms with Gasteiger partial charge >= 0.3 is 0 Å². The second-order valence-electron chi connectivity index (χ2n) is 6.22. The van der Waals surface area contributed by atoms with E-state index >= 15 is 0 Å². The van der Waals surface area contributed by atoms with E-state index in [0.717, 1.165) is 11.3 Å². The number of aromatic nitrogens is 3. The van der Waals surface area contributed by atoms with Crippen LogP contribution in [0.25, 0.3) is 5.52 Å². The van der Waals surface area contributed by atoms with Gasteiger partial charge in [0.05, 0.1) is 22.3 Å². The van der Waals surface area contributed by atoms with Gasteiger partial charge in [0.1, 0.15) is 11.8 Å². The van der Waals surface area contributed by atoms with Crippen molar-refractivity contribution in [2.24, 2.45) is 0 Å². The van der Waals surface area contributed by atoms with E-state index in [2.05, 4.69) is 31.3 Å². The molecule has 0 bridgehead atoms. The molecule has 1 aromatic carbocycles. The van der Waals surface area contributed by atoms with Crippen LogP contribution in [0.4, 0.5) is 11.5 Å². The summed E-state index contributed by atoms with van der Waals surface area (Å²) in [6.45, 7) is 4.58. The van der Waals surface area contributed by atoms with Gasteiger partial charge in [-0.05, 0) is 39.5 Å². The molecule has 3 N–H and O–H groups in total. The van der Waals surface area contributed by atoms with Crippen LogP contribution in [-0.2, 0) is 11.3 Å². The third-order valence-electron chi connectivity index (χ3n) is 4.02. The molecule has 0 aliphatic rings. The Bertz CT molecular complexity index is 950. The quantitative estimate of drug-likeness (QED) is 0.661. The van der Waals surface area contributed by atoms with Crippen molar-refractivity contribution in [3.05, 3.63) is 51.9 Å². The molecular weight excluding hydrogens is 398 g/mol. The zero-order valence-electron chi connectivity index (χ0n) is 14.8. The average Bonchev–Trinajstić information content (AvgIpc) is 2.90. The minimum Gasteiger partial charge on any atom is -0.382 e. The standard InChI is InChI=1S/C18H20BrN5O2/c1-10(2)15-14(19)13(16-17(20)21-9-22-24(15)16)18(25)23-12-6-4-11(5-7-12)8-26-3/h4-7,9-10H,8H2,1-3H3,(H,23,25)(H2,20,21,22). The summed E-state index contributed by atoms with van der Waals surface area (Å²) in [6, 6.07) is 7.48. The fourth-order valence-electron chi connectivity index (χ4n) is 2.86. The lowest BCUT2D eigenvalue weighted by Crippen LogP contribution is -2.13. The third kappa shape index (κ3) is 3.30. The first-order valence-electron chi connectivity index (χ1n) is 8.13. The normalized spacial score (nSPS) is 11.3. The van der Waals surface area contributed by atoms with E-state index in [-0.39, 0.29) is 17.6 Å². The number of nitrogens with one attached hydrogen (secondary N) is 1. The number of hydrogen-bond donors (Lipinski definition) is 2. The van der Waals surface area contributed by atoms with Gasteiger partial charge < -0.3 is 15.8 Å². The molecule has 7 nitrogen and oxygen atoms in total. The van der Waals surface area contributed by atoms with Crippen molar-refractivity contribution in [2.45, 2.75) is 26.4 Å². The van der Waals surface area contributed by atoms with Gasteiger partial charge in [-0.1, -0.05) is 26.0 Å². The van der Waals surface area contributed by atoms with E-state index in [1.807, 2.05) is 38.1 Å². The number of amides is 1. The summed E-state index contributed by atoms with van der Waals surface area (Å²) in [6.07, 6.45) is 1.39. The predicted octanol–water partition coefficient (Wildman–Crippen LogP) is 3.60. The van der Waals surface area contributed by atoms with Gasteiger partial charge in [0.15, 0.2) is 5.82 Å². The first-order chi connectivity index (χ1) is 12.4. The first-order valence-corrected chi connectivity index (χ1v) is 8.93. The smallest absolute Gasteiger partial charge is 0.259 e. The van der Waals surface area contributed by atoms with Crippen LogP contribution in [0.2, 0.25) is 0 Å². The van der Waals surface area contributed by atoms with Crippen molar-refractivity contribution in [2.75, 3.05) is 18.2 Å². The monoisotopic (exact) mass is 417 g/mol. The lowest BCUT2D eigenvalue weighted by Gasteiger charge is -2.07. The number of ether oxygens (including phenoxy) is 1. The van der Waals surface area contributed by atoms with E-state index in [1.54, 1.807) is 11.6 Å². The van der Waals surface area contributed by atoms with Crippen LogP contribution in [0.5, 0.6) is 0 Å². The van der Waals surface area contributed by atoms with Gasteiger partial charge in [-0.15, -0.1) is 0 Å². The number of benzene rings is 1. The number of halogens is 1. The molecule has 0 saturated heterocycles. The molecule has 0 aliphatic heterocycles. The molecule has 0 atom stereocenters. The predicted molar refractivity (Wildman–Crippen MR) is 104 cm³/mol. The van der Waals surface area contributed by atoms with E-state index in [4.69, 9.17) is 10.5 Å². The molecule has 8 heteroatoms.